The summed E-state index contributed by atoms with van der Waals surface area (Å²) in [6.07, 6.45) is 5.06. The number of anilines is 2. The SMILES string of the molecule is O=C(c1cc(N2CCC(n3c(=O)[nH]c4ncccc43)CC2)ncn1)N1CCc2c(F)cccc21. The van der Waals surface area contributed by atoms with Gasteiger partial charge in [-0.15, -0.1) is 0 Å². The molecule has 1 fully saturated rings. The van der Waals surface area contributed by atoms with Crippen molar-refractivity contribution < 1.29 is 9.18 Å². The van der Waals surface area contributed by atoms with Gasteiger partial charge in [-0.3, -0.25) is 14.3 Å². The van der Waals surface area contributed by atoms with Crippen LogP contribution in [0.2, 0.25) is 0 Å². The largest absolute Gasteiger partial charge is 0.356 e. The number of amides is 1. The maximum Gasteiger partial charge on any atom is 0.327 e. The highest BCUT2D eigenvalue weighted by atomic mass is 19.1. The van der Waals surface area contributed by atoms with Crippen LogP contribution in [-0.2, 0) is 6.42 Å². The molecule has 34 heavy (non-hydrogen) atoms. The molecule has 1 amide bonds. The van der Waals surface area contributed by atoms with E-state index < -0.39 is 0 Å². The molecule has 1 N–H and O–H groups in total. The van der Waals surface area contributed by atoms with E-state index in [0.29, 0.717) is 48.8 Å². The lowest BCUT2D eigenvalue weighted by molar-refractivity contribution is 0.0984. The Labute approximate surface area is 193 Å². The van der Waals surface area contributed by atoms with Gasteiger partial charge in [-0.2, -0.15) is 0 Å². The summed E-state index contributed by atoms with van der Waals surface area (Å²) in [4.78, 5) is 45.0. The number of aromatic amines is 1. The molecule has 1 aromatic carbocycles. The minimum atomic E-state index is -0.288. The Morgan fingerprint density at radius 3 is 2.76 bits per heavy atom. The Kier molecular flexibility index (Phi) is 4.86. The summed E-state index contributed by atoms with van der Waals surface area (Å²) in [5.74, 6) is 0.119. The van der Waals surface area contributed by atoms with E-state index in [1.165, 1.54) is 12.4 Å². The highest BCUT2D eigenvalue weighted by Crippen LogP contribution is 2.31. The first-order chi connectivity index (χ1) is 16.6. The summed E-state index contributed by atoms with van der Waals surface area (Å²) in [5.41, 5.74) is 2.70. The number of benzene rings is 1. The molecule has 0 saturated carbocycles. The fourth-order valence-corrected chi connectivity index (χ4v) is 5.05. The fraction of sp³-hybridized carbons (Fsp3) is 0.292. The predicted molar refractivity (Wildman–Crippen MR) is 125 cm³/mol. The van der Waals surface area contributed by atoms with Gasteiger partial charge < -0.3 is 9.80 Å². The van der Waals surface area contributed by atoms with Crippen molar-refractivity contribution in [3.05, 3.63) is 76.5 Å². The number of halogens is 1. The summed E-state index contributed by atoms with van der Waals surface area (Å²) in [6.45, 7) is 1.80. The lowest BCUT2D eigenvalue weighted by atomic mass is 10.0. The van der Waals surface area contributed by atoms with E-state index >= 15 is 0 Å². The lowest BCUT2D eigenvalue weighted by Crippen LogP contribution is -2.37. The monoisotopic (exact) mass is 459 g/mol. The molecule has 0 atom stereocenters. The van der Waals surface area contributed by atoms with Crippen molar-refractivity contribution in [2.45, 2.75) is 25.3 Å². The third kappa shape index (κ3) is 3.33. The van der Waals surface area contributed by atoms with E-state index in [0.717, 1.165) is 18.4 Å². The number of pyridine rings is 1. The molecule has 9 nitrogen and oxygen atoms in total. The van der Waals surface area contributed by atoms with Gasteiger partial charge in [0, 0.05) is 43.5 Å². The van der Waals surface area contributed by atoms with Gasteiger partial charge in [0.1, 0.15) is 23.7 Å². The Balaban J connectivity index is 1.20. The number of rotatable bonds is 3. The summed E-state index contributed by atoms with van der Waals surface area (Å²) >= 11 is 0. The molecular formula is C24H22FN7O2. The van der Waals surface area contributed by atoms with Crippen molar-refractivity contribution >= 4 is 28.6 Å². The topological polar surface area (TPSA) is 100 Å². The molecule has 4 aromatic rings. The van der Waals surface area contributed by atoms with Crippen LogP contribution in [0.15, 0.2) is 53.7 Å². The quantitative estimate of drug-likeness (QED) is 0.506. The molecule has 3 aromatic heterocycles. The molecule has 0 bridgehead atoms. The summed E-state index contributed by atoms with van der Waals surface area (Å²) < 4.78 is 15.9. The summed E-state index contributed by atoms with van der Waals surface area (Å²) in [5, 5.41) is 0. The Morgan fingerprint density at radius 1 is 1.06 bits per heavy atom. The molecule has 0 radical (unpaired) electrons. The van der Waals surface area contributed by atoms with Crippen molar-refractivity contribution in [1.29, 1.82) is 0 Å². The highest BCUT2D eigenvalue weighted by Gasteiger charge is 2.29. The number of hydrogen-bond donors (Lipinski definition) is 1. The van der Waals surface area contributed by atoms with Crippen molar-refractivity contribution in [1.82, 2.24) is 24.5 Å². The summed E-state index contributed by atoms with van der Waals surface area (Å²) in [7, 11) is 0. The standard InChI is InChI=1S/C24H22FN7O2/c25-17-3-1-4-19-16(17)8-12-31(19)23(33)18-13-21(28-14-27-18)30-10-6-15(7-11-30)32-20-5-2-9-26-22(20)29-24(32)34/h1-5,9,13-15H,6-8,10-12H2,(H,26,29,34). The smallest absolute Gasteiger partial charge is 0.327 e. The number of nitrogens with zero attached hydrogens (tertiary/aromatic N) is 6. The molecule has 10 heteroatoms. The second-order valence-corrected chi connectivity index (χ2v) is 8.60. The first-order valence-corrected chi connectivity index (χ1v) is 11.3. The van der Waals surface area contributed by atoms with E-state index in [2.05, 4.69) is 24.8 Å². The molecular weight excluding hydrogens is 437 g/mol. The van der Waals surface area contributed by atoms with E-state index in [-0.39, 0.29) is 29.1 Å². The van der Waals surface area contributed by atoms with Gasteiger partial charge in [0.2, 0.25) is 0 Å². The van der Waals surface area contributed by atoms with Gasteiger partial charge in [0.05, 0.1) is 11.2 Å². The van der Waals surface area contributed by atoms with Crippen LogP contribution in [0.4, 0.5) is 15.9 Å². The normalized spacial score (nSPS) is 16.3. The number of hydrogen-bond acceptors (Lipinski definition) is 6. The molecule has 6 rings (SSSR count). The predicted octanol–water partition coefficient (Wildman–Crippen LogP) is 2.70. The van der Waals surface area contributed by atoms with Crippen LogP contribution in [0.5, 0.6) is 0 Å². The fourth-order valence-electron chi connectivity index (χ4n) is 5.05. The molecule has 2 aliphatic rings. The van der Waals surface area contributed by atoms with Crippen LogP contribution in [0.1, 0.15) is 34.9 Å². The molecule has 0 aliphatic carbocycles. The third-order valence-corrected chi connectivity index (χ3v) is 6.73. The van der Waals surface area contributed by atoms with E-state index in [1.54, 1.807) is 33.9 Å². The zero-order valence-electron chi connectivity index (χ0n) is 18.3. The number of H-pyrrole nitrogens is 1. The number of fused-ring (bicyclic) bond motifs is 2. The Morgan fingerprint density at radius 2 is 1.91 bits per heavy atom. The average Bonchev–Trinajstić information content (AvgIpc) is 3.45. The molecule has 2 aliphatic heterocycles. The van der Waals surface area contributed by atoms with Gasteiger partial charge in [-0.1, -0.05) is 6.07 Å². The number of imidazole rings is 1. The van der Waals surface area contributed by atoms with Gasteiger partial charge in [-0.05, 0) is 43.5 Å². The molecule has 0 spiro atoms. The zero-order chi connectivity index (χ0) is 23.2. The van der Waals surface area contributed by atoms with Crippen LogP contribution in [0, 0.1) is 5.82 Å². The summed E-state index contributed by atoms with van der Waals surface area (Å²) in [6, 6.07) is 10.3. The van der Waals surface area contributed by atoms with Gasteiger partial charge in [0.25, 0.3) is 5.91 Å². The molecule has 5 heterocycles. The van der Waals surface area contributed by atoms with Crippen LogP contribution < -0.4 is 15.5 Å². The number of carbonyl (C=O) groups is 1. The van der Waals surface area contributed by atoms with Crippen molar-refractivity contribution in [3.63, 3.8) is 0 Å². The number of nitrogens with one attached hydrogen (secondary N) is 1. The number of aromatic nitrogens is 5. The van der Waals surface area contributed by atoms with Gasteiger partial charge >= 0.3 is 5.69 Å². The highest BCUT2D eigenvalue weighted by molar-refractivity contribution is 6.06. The second-order valence-electron chi connectivity index (χ2n) is 8.60. The minimum Gasteiger partial charge on any atom is -0.356 e. The maximum absolute atomic E-state index is 14.1. The van der Waals surface area contributed by atoms with Crippen molar-refractivity contribution in [3.8, 4) is 0 Å². The minimum absolute atomic E-state index is 0.0561. The van der Waals surface area contributed by atoms with Crippen LogP contribution in [-0.4, -0.2) is 50.0 Å². The molecule has 1 saturated heterocycles. The second kappa shape index (κ2) is 8.05. The first kappa shape index (κ1) is 20.5. The Bertz CT molecular complexity index is 1460. The number of piperidine rings is 1. The maximum atomic E-state index is 14.1. The zero-order valence-corrected chi connectivity index (χ0v) is 18.3. The van der Waals surface area contributed by atoms with Crippen molar-refractivity contribution in [2.24, 2.45) is 0 Å². The first-order valence-electron chi connectivity index (χ1n) is 11.3. The lowest BCUT2D eigenvalue weighted by Gasteiger charge is -2.33. The van der Waals surface area contributed by atoms with Crippen LogP contribution >= 0.6 is 0 Å². The molecule has 172 valence electrons. The molecule has 0 unspecified atom stereocenters. The van der Waals surface area contributed by atoms with E-state index in [1.807, 2.05) is 12.1 Å². The third-order valence-electron chi connectivity index (χ3n) is 6.73. The van der Waals surface area contributed by atoms with Gasteiger partial charge in [-0.25, -0.2) is 24.1 Å². The van der Waals surface area contributed by atoms with Crippen LogP contribution in [0.3, 0.4) is 0 Å². The van der Waals surface area contributed by atoms with Crippen LogP contribution in [0.25, 0.3) is 11.2 Å². The van der Waals surface area contributed by atoms with Gasteiger partial charge in [0.15, 0.2) is 5.65 Å². The van der Waals surface area contributed by atoms with Crippen molar-refractivity contribution in [2.75, 3.05) is 29.4 Å². The average molecular weight is 459 g/mol. The van der Waals surface area contributed by atoms with E-state index in [4.69, 9.17) is 0 Å². The van der Waals surface area contributed by atoms with E-state index in [9.17, 15) is 14.0 Å². The number of carbonyl (C=O) groups excluding carboxylic acids is 1. The Hall–Kier alpha value is -4.08.